The number of para-hydroxylation sites is 1. The Kier molecular flexibility index (Phi) is 6.41. The molecule has 2 atom stereocenters. The zero-order valence-corrected chi connectivity index (χ0v) is 19.6. The highest BCUT2D eigenvalue weighted by Gasteiger charge is 2.49. The zero-order chi connectivity index (χ0) is 24.0. The number of ether oxygens (including phenoxy) is 1. The Morgan fingerprint density at radius 2 is 1.97 bits per heavy atom. The van der Waals surface area contributed by atoms with Crippen molar-refractivity contribution in [2.75, 3.05) is 23.5 Å². The van der Waals surface area contributed by atoms with E-state index < -0.39 is 43.8 Å². The van der Waals surface area contributed by atoms with Gasteiger partial charge < -0.3 is 9.64 Å². The molecule has 0 bridgehead atoms. The summed E-state index contributed by atoms with van der Waals surface area (Å²) in [7, 11) is -1.89. The maximum atomic E-state index is 13.4. The average Bonchev–Trinajstić information content (AvgIpc) is 3.18. The average molecular weight is 519 g/mol. The quantitative estimate of drug-likeness (QED) is 0.603. The van der Waals surface area contributed by atoms with Crippen molar-refractivity contribution in [3.05, 3.63) is 58.6 Å². The number of hydrogen-bond donors (Lipinski definition) is 0. The highest BCUT2D eigenvalue weighted by atomic mass is 35.5. The molecule has 2 aromatic carbocycles. The van der Waals surface area contributed by atoms with Gasteiger partial charge in [0.25, 0.3) is 5.91 Å². The second-order valence-corrected chi connectivity index (χ2v) is 11.4. The molecule has 2 aromatic rings. The van der Waals surface area contributed by atoms with Crippen LogP contribution in [0.2, 0.25) is 5.02 Å². The molecule has 0 saturated carbocycles. The van der Waals surface area contributed by atoms with Crippen molar-refractivity contribution in [2.24, 2.45) is 4.99 Å². The van der Waals surface area contributed by atoms with Gasteiger partial charge in [0, 0.05) is 16.5 Å². The molecule has 0 spiro atoms. The second kappa shape index (κ2) is 8.84. The van der Waals surface area contributed by atoms with Gasteiger partial charge in [0.1, 0.15) is 5.75 Å². The van der Waals surface area contributed by atoms with Crippen LogP contribution < -0.4 is 9.64 Å². The smallest absolute Gasteiger partial charge is 0.417 e. The van der Waals surface area contributed by atoms with Gasteiger partial charge in [-0.15, -0.1) is 0 Å². The molecule has 0 aliphatic carbocycles. The first kappa shape index (κ1) is 23.9. The van der Waals surface area contributed by atoms with Crippen molar-refractivity contribution in [3.63, 3.8) is 0 Å². The number of aliphatic imine (C=N–C) groups is 1. The molecule has 2 saturated heterocycles. The fourth-order valence-electron chi connectivity index (χ4n) is 3.90. The lowest BCUT2D eigenvalue weighted by molar-refractivity contribution is -0.137. The Balaban J connectivity index is 1.71. The molecule has 12 heteroatoms. The summed E-state index contributed by atoms with van der Waals surface area (Å²) in [5.41, 5.74) is -0.360. The number of anilines is 1. The molecule has 176 valence electrons. The van der Waals surface area contributed by atoms with Crippen LogP contribution in [0, 0.1) is 0 Å². The van der Waals surface area contributed by atoms with Crippen LogP contribution in [-0.2, 0) is 27.2 Å². The molecular weight excluding hydrogens is 501 g/mol. The van der Waals surface area contributed by atoms with Crippen LogP contribution in [0.25, 0.3) is 0 Å². The molecule has 1 amide bonds. The maximum Gasteiger partial charge on any atom is 0.417 e. The number of methoxy groups -OCH3 is 1. The van der Waals surface area contributed by atoms with Crippen LogP contribution in [0.1, 0.15) is 11.1 Å². The van der Waals surface area contributed by atoms with Crippen molar-refractivity contribution in [2.45, 2.75) is 23.9 Å². The van der Waals surface area contributed by atoms with Gasteiger partial charge in [-0.1, -0.05) is 41.6 Å². The van der Waals surface area contributed by atoms with E-state index in [1.165, 1.54) is 18.1 Å². The topological polar surface area (TPSA) is 76.0 Å². The van der Waals surface area contributed by atoms with E-state index in [4.69, 9.17) is 16.3 Å². The van der Waals surface area contributed by atoms with Gasteiger partial charge in [-0.05, 0) is 24.3 Å². The monoisotopic (exact) mass is 518 g/mol. The van der Waals surface area contributed by atoms with Crippen LogP contribution >= 0.6 is 23.4 Å². The summed E-state index contributed by atoms with van der Waals surface area (Å²) < 4.78 is 69.9. The SMILES string of the molecule is COc1ccccc1CC(=O)N=C1SC2CS(=O)(=O)CC2N1c1ccc(Cl)c(C(F)(F)F)c1. The lowest BCUT2D eigenvalue weighted by Crippen LogP contribution is -2.38. The molecule has 4 rings (SSSR count). The first-order chi connectivity index (χ1) is 15.5. The number of carbonyl (C=O) groups excluding carboxylic acids is 1. The number of fused-ring (bicyclic) bond motifs is 1. The van der Waals surface area contributed by atoms with Crippen LogP contribution in [0.3, 0.4) is 0 Å². The Morgan fingerprint density at radius 1 is 1.24 bits per heavy atom. The number of amides is 1. The molecular formula is C21H18ClF3N2O4S2. The van der Waals surface area contributed by atoms with Gasteiger partial charge in [0.2, 0.25) is 0 Å². The van der Waals surface area contributed by atoms with E-state index in [0.29, 0.717) is 11.3 Å². The van der Waals surface area contributed by atoms with Crippen molar-refractivity contribution in [1.82, 2.24) is 0 Å². The molecule has 2 aliphatic heterocycles. The first-order valence-corrected chi connectivity index (χ1v) is 12.8. The molecule has 2 heterocycles. The van der Waals surface area contributed by atoms with E-state index in [-0.39, 0.29) is 28.8 Å². The van der Waals surface area contributed by atoms with Crippen LogP contribution in [-0.4, -0.2) is 49.4 Å². The van der Waals surface area contributed by atoms with Gasteiger partial charge in [0.15, 0.2) is 15.0 Å². The fourth-order valence-corrected chi connectivity index (χ4v) is 8.06. The number of rotatable bonds is 4. The Morgan fingerprint density at radius 3 is 2.67 bits per heavy atom. The predicted octanol–water partition coefficient (Wildman–Crippen LogP) is 4.21. The summed E-state index contributed by atoms with van der Waals surface area (Å²) >= 11 is 6.83. The van der Waals surface area contributed by atoms with E-state index in [1.807, 2.05) is 0 Å². The molecule has 0 radical (unpaired) electrons. The van der Waals surface area contributed by atoms with Gasteiger partial charge in [-0.25, -0.2) is 8.42 Å². The Hall–Kier alpha value is -2.24. The minimum absolute atomic E-state index is 0.0765. The fraction of sp³-hybridized carbons (Fsp3) is 0.333. The van der Waals surface area contributed by atoms with E-state index in [0.717, 1.165) is 23.9 Å². The highest BCUT2D eigenvalue weighted by Crippen LogP contribution is 2.43. The van der Waals surface area contributed by atoms with E-state index in [1.54, 1.807) is 24.3 Å². The second-order valence-electron chi connectivity index (χ2n) is 7.61. The largest absolute Gasteiger partial charge is 0.496 e. The number of benzene rings is 2. The molecule has 2 aliphatic rings. The van der Waals surface area contributed by atoms with Crippen LogP contribution in [0.15, 0.2) is 47.5 Å². The molecule has 0 aromatic heterocycles. The molecule has 2 unspecified atom stereocenters. The zero-order valence-electron chi connectivity index (χ0n) is 17.2. The van der Waals surface area contributed by atoms with Crippen LogP contribution in [0.5, 0.6) is 5.75 Å². The number of nitrogens with zero attached hydrogens (tertiary/aromatic N) is 2. The number of thioether (sulfide) groups is 1. The van der Waals surface area contributed by atoms with E-state index >= 15 is 0 Å². The van der Waals surface area contributed by atoms with Gasteiger partial charge >= 0.3 is 6.18 Å². The van der Waals surface area contributed by atoms with Crippen molar-refractivity contribution in [3.8, 4) is 5.75 Å². The van der Waals surface area contributed by atoms with E-state index in [9.17, 15) is 26.4 Å². The van der Waals surface area contributed by atoms with Crippen molar-refractivity contribution >= 4 is 50.0 Å². The Bertz CT molecular complexity index is 1230. The molecule has 33 heavy (non-hydrogen) atoms. The highest BCUT2D eigenvalue weighted by molar-refractivity contribution is 8.16. The summed E-state index contributed by atoms with van der Waals surface area (Å²) in [6, 6.07) is 9.61. The molecule has 0 N–H and O–H groups in total. The summed E-state index contributed by atoms with van der Waals surface area (Å²) in [6.45, 7) is 0. The van der Waals surface area contributed by atoms with Gasteiger partial charge in [-0.2, -0.15) is 18.2 Å². The van der Waals surface area contributed by atoms with E-state index in [2.05, 4.69) is 4.99 Å². The third kappa shape index (κ3) is 4.99. The van der Waals surface area contributed by atoms with Crippen molar-refractivity contribution in [1.29, 1.82) is 0 Å². The maximum absolute atomic E-state index is 13.4. The number of carbonyl (C=O) groups is 1. The lowest BCUT2D eigenvalue weighted by Gasteiger charge is -2.25. The summed E-state index contributed by atoms with van der Waals surface area (Å²) in [5, 5.41) is -0.757. The summed E-state index contributed by atoms with van der Waals surface area (Å²) in [4.78, 5) is 18.3. The standard InChI is InChI=1S/C21H18ClF3N2O4S2/c1-31-17-5-3-2-4-12(17)8-19(28)26-20-27(16-10-33(29,30)11-18(16)32-20)13-6-7-15(22)14(9-13)21(23,24)25/h2-7,9,16,18H,8,10-11H2,1H3. The molecule has 6 nitrogen and oxygen atoms in total. The van der Waals surface area contributed by atoms with Gasteiger partial charge in [0.05, 0.1) is 41.7 Å². The predicted molar refractivity (Wildman–Crippen MR) is 122 cm³/mol. The lowest BCUT2D eigenvalue weighted by atomic mass is 10.1. The third-order valence-electron chi connectivity index (χ3n) is 5.35. The number of halogens is 4. The minimum atomic E-state index is -4.70. The Labute approximate surface area is 197 Å². The first-order valence-electron chi connectivity index (χ1n) is 9.75. The summed E-state index contributed by atoms with van der Waals surface area (Å²) in [5.74, 6) is -0.399. The number of alkyl halides is 3. The van der Waals surface area contributed by atoms with Crippen molar-refractivity contribution < 1.29 is 31.1 Å². The van der Waals surface area contributed by atoms with Crippen LogP contribution in [0.4, 0.5) is 18.9 Å². The normalized spacial score (nSPS) is 23.1. The number of hydrogen-bond acceptors (Lipinski definition) is 5. The summed E-state index contributed by atoms with van der Waals surface area (Å²) in [6.07, 6.45) is -4.78. The minimum Gasteiger partial charge on any atom is -0.496 e. The number of sulfone groups is 1. The third-order valence-corrected chi connectivity index (χ3v) is 8.89. The van der Waals surface area contributed by atoms with Gasteiger partial charge in [-0.3, -0.25) is 4.79 Å². The number of amidine groups is 1. The molecule has 2 fully saturated rings.